The Morgan fingerprint density at radius 2 is 1.84 bits per heavy atom. The van der Waals surface area contributed by atoms with Crippen LogP contribution in [-0.2, 0) is 4.79 Å². The lowest BCUT2D eigenvalue weighted by Crippen LogP contribution is -2.33. The molecule has 2 fully saturated rings. The molecule has 1 amide bonds. The fourth-order valence-electron chi connectivity index (χ4n) is 6.07. The van der Waals surface area contributed by atoms with E-state index in [1.807, 2.05) is 49.5 Å². The molecule has 0 unspecified atom stereocenters. The van der Waals surface area contributed by atoms with Crippen LogP contribution in [0.25, 0.3) is 0 Å². The van der Waals surface area contributed by atoms with Crippen molar-refractivity contribution >= 4 is 28.9 Å². The number of rotatable bonds is 7. The second-order valence-electron chi connectivity index (χ2n) is 10.5. The molecule has 1 aliphatic heterocycles. The normalized spacial score (nSPS) is 20.2. The van der Waals surface area contributed by atoms with Crippen LogP contribution in [0.3, 0.4) is 0 Å². The van der Waals surface area contributed by atoms with E-state index in [9.17, 15) is 4.79 Å². The summed E-state index contributed by atoms with van der Waals surface area (Å²) >= 11 is 5.85. The van der Waals surface area contributed by atoms with Gasteiger partial charge in [-0.2, -0.15) is 0 Å². The van der Waals surface area contributed by atoms with Gasteiger partial charge in [-0.3, -0.25) is 9.78 Å². The second-order valence-corrected chi connectivity index (χ2v) is 10.9. The van der Waals surface area contributed by atoms with E-state index in [0.29, 0.717) is 24.1 Å². The average Bonchev–Trinajstić information content (AvgIpc) is 3.39. The zero-order valence-corrected chi connectivity index (χ0v) is 22.9. The summed E-state index contributed by atoms with van der Waals surface area (Å²) < 4.78 is 2.55. The molecule has 0 radical (unpaired) electrons. The lowest BCUT2D eigenvalue weighted by molar-refractivity contribution is -0.116. The molecule has 3 aromatic rings. The SMILES string of the molecule is Cc1ccc(NC(=O)CCN2C(=S)N[C@H](c3ccccn3)[C@@H]2c2cc(C)n(C3CCCCC3)c2C)cc1. The Hall–Kier alpha value is -3.19. The lowest BCUT2D eigenvalue weighted by Gasteiger charge is -2.29. The third kappa shape index (κ3) is 5.42. The number of thiocarbonyl (C=S) groups is 1. The third-order valence-corrected chi connectivity index (χ3v) is 8.25. The van der Waals surface area contributed by atoms with Gasteiger partial charge in [-0.25, -0.2) is 0 Å². The first-order chi connectivity index (χ1) is 17.9. The molecule has 194 valence electrons. The lowest BCUT2D eigenvalue weighted by atomic mass is 9.94. The molecule has 7 heteroatoms. The molecule has 37 heavy (non-hydrogen) atoms. The van der Waals surface area contributed by atoms with Gasteiger partial charge in [0, 0.05) is 42.3 Å². The number of anilines is 1. The van der Waals surface area contributed by atoms with Gasteiger partial charge in [0.1, 0.15) is 0 Å². The van der Waals surface area contributed by atoms with Crippen molar-refractivity contribution in [2.24, 2.45) is 0 Å². The summed E-state index contributed by atoms with van der Waals surface area (Å²) in [6.07, 6.45) is 8.59. The molecule has 6 nitrogen and oxygen atoms in total. The van der Waals surface area contributed by atoms with Crippen molar-refractivity contribution in [1.29, 1.82) is 0 Å². The maximum absolute atomic E-state index is 12.9. The fraction of sp³-hybridized carbons (Fsp3) is 0.433. The highest BCUT2D eigenvalue weighted by Crippen LogP contribution is 2.42. The predicted molar refractivity (Wildman–Crippen MR) is 153 cm³/mol. The van der Waals surface area contributed by atoms with E-state index in [-0.39, 0.29) is 18.0 Å². The number of nitrogens with zero attached hydrogens (tertiary/aromatic N) is 3. The van der Waals surface area contributed by atoms with Gasteiger partial charge in [0.25, 0.3) is 0 Å². The molecule has 2 aliphatic rings. The smallest absolute Gasteiger partial charge is 0.226 e. The fourth-order valence-corrected chi connectivity index (χ4v) is 6.40. The van der Waals surface area contributed by atoms with E-state index < -0.39 is 0 Å². The molecule has 0 spiro atoms. The van der Waals surface area contributed by atoms with Crippen LogP contribution in [0, 0.1) is 20.8 Å². The minimum Gasteiger partial charge on any atom is -0.352 e. The molecule has 1 aromatic carbocycles. The maximum atomic E-state index is 12.9. The third-order valence-electron chi connectivity index (χ3n) is 7.89. The van der Waals surface area contributed by atoms with Crippen molar-refractivity contribution < 1.29 is 4.79 Å². The highest BCUT2D eigenvalue weighted by atomic mass is 32.1. The summed E-state index contributed by atoms with van der Waals surface area (Å²) in [6, 6.07) is 16.7. The van der Waals surface area contributed by atoms with Crippen LogP contribution >= 0.6 is 12.2 Å². The molecule has 5 rings (SSSR count). The number of aromatic nitrogens is 2. The van der Waals surface area contributed by atoms with Crippen molar-refractivity contribution in [2.75, 3.05) is 11.9 Å². The quantitative estimate of drug-likeness (QED) is 0.361. The van der Waals surface area contributed by atoms with Gasteiger partial charge in [-0.1, -0.05) is 43.0 Å². The van der Waals surface area contributed by atoms with E-state index in [1.54, 1.807) is 0 Å². The second kappa shape index (κ2) is 11.1. The topological polar surface area (TPSA) is 62.2 Å². The highest BCUT2D eigenvalue weighted by molar-refractivity contribution is 7.80. The highest BCUT2D eigenvalue weighted by Gasteiger charge is 2.41. The maximum Gasteiger partial charge on any atom is 0.226 e. The average molecular weight is 516 g/mol. The Labute approximate surface area is 225 Å². The van der Waals surface area contributed by atoms with Gasteiger partial charge in [-0.15, -0.1) is 0 Å². The van der Waals surface area contributed by atoms with E-state index in [4.69, 9.17) is 12.2 Å². The number of nitrogens with one attached hydrogen (secondary N) is 2. The van der Waals surface area contributed by atoms with Crippen LogP contribution in [0.15, 0.2) is 54.7 Å². The Morgan fingerprint density at radius 3 is 2.54 bits per heavy atom. The molecular weight excluding hydrogens is 478 g/mol. The molecule has 2 N–H and O–H groups in total. The number of carbonyl (C=O) groups is 1. The van der Waals surface area contributed by atoms with Crippen molar-refractivity contribution in [2.45, 2.75) is 77.4 Å². The van der Waals surface area contributed by atoms with E-state index in [2.05, 4.69) is 51.1 Å². The number of hydrogen-bond acceptors (Lipinski definition) is 3. The summed E-state index contributed by atoms with van der Waals surface area (Å²) in [5.74, 6) is -0.0145. The molecule has 3 heterocycles. The van der Waals surface area contributed by atoms with E-state index in [0.717, 1.165) is 11.4 Å². The zero-order chi connectivity index (χ0) is 25.9. The summed E-state index contributed by atoms with van der Waals surface area (Å²) in [5, 5.41) is 7.24. The zero-order valence-electron chi connectivity index (χ0n) is 22.0. The Bertz CT molecular complexity index is 1250. The van der Waals surface area contributed by atoms with Gasteiger partial charge in [0.05, 0.1) is 17.8 Å². The monoisotopic (exact) mass is 515 g/mol. The van der Waals surface area contributed by atoms with Crippen molar-refractivity contribution in [3.05, 3.63) is 82.9 Å². The molecule has 2 atom stereocenters. The van der Waals surface area contributed by atoms with Gasteiger partial charge in [0.2, 0.25) is 5.91 Å². The molecule has 0 bridgehead atoms. The van der Waals surface area contributed by atoms with Crippen molar-refractivity contribution in [3.8, 4) is 0 Å². The van der Waals surface area contributed by atoms with Gasteiger partial charge in [-0.05, 0) is 81.7 Å². The number of amides is 1. The first-order valence-electron chi connectivity index (χ1n) is 13.5. The van der Waals surface area contributed by atoms with Crippen LogP contribution in [0.2, 0.25) is 0 Å². The van der Waals surface area contributed by atoms with Crippen molar-refractivity contribution in [3.63, 3.8) is 0 Å². The first kappa shape index (κ1) is 25.5. The van der Waals surface area contributed by atoms with Crippen LogP contribution < -0.4 is 10.6 Å². The van der Waals surface area contributed by atoms with Gasteiger partial charge in [0.15, 0.2) is 5.11 Å². The Balaban J connectivity index is 1.42. The first-order valence-corrected chi connectivity index (χ1v) is 13.9. The van der Waals surface area contributed by atoms with Crippen molar-refractivity contribution in [1.82, 2.24) is 19.8 Å². The molecule has 1 saturated carbocycles. The number of pyridine rings is 1. The Kier molecular flexibility index (Phi) is 7.60. The minimum atomic E-state index is -0.0748. The van der Waals surface area contributed by atoms with Crippen LogP contribution in [0.5, 0.6) is 0 Å². The summed E-state index contributed by atoms with van der Waals surface area (Å²) in [6.45, 7) is 7.04. The molecule has 1 aliphatic carbocycles. The standard InChI is InChI=1S/C30H37N5OS/c1-20-12-14-23(15-13-20)32-27(36)16-18-34-29(28(33-30(34)37)26-11-7-8-17-31-26)25-19-21(2)35(22(25)3)24-9-5-4-6-10-24/h7-8,11-15,17,19,24,28-29H,4-6,9-10,16,18H2,1-3H3,(H,32,36)(H,33,37)/t28-,29+/m1/s1. The number of benzene rings is 1. The number of aryl methyl sites for hydroxylation is 2. The van der Waals surface area contributed by atoms with Crippen LogP contribution in [0.1, 0.15) is 84.9 Å². The summed E-state index contributed by atoms with van der Waals surface area (Å²) in [4.78, 5) is 19.7. The Morgan fingerprint density at radius 1 is 1.08 bits per heavy atom. The van der Waals surface area contributed by atoms with E-state index in [1.165, 1.54) is 54.6 Å². The largest absolute Gasteiger partial charge is 0.352 e. The van der Waals surface area contributed by atoms with Crippen LogP contribution in [-0.4, -0.2) is 32.0 Å². The number of carbonyl (C=O) groups excluding carboxylic acids is 1. The van der Waals surface area contributed by atoms with Gasteiger partial charge >= 0.3 is 0 Å². The molecule has 2 aromatic heterocycles. The number of hydrogen-bond donors (Lipinski definition) is 2. The van der Waals surface area contributed by atoms with Crippen LogP contribution in [0.4, 0.5) is 5.69 Å². The summed E-state index contributed by atoms with van der Waals surface area (Å²) in [7, 11) is 0. The summed E-state index contributed by atoms with van der Waals surface area (Å²) in [5.41, 5.74) is 6.82. The molecular formula is C30H37N5OS. The molecule has 1 saturated heterocycles. The van der Waals surface area contributed by atoms with E-state index >= 15 is 0 Å². The minimum absolute atomic E-state index is 0.0145. The predicted octanol–water partition coefficient (Wildman–Crippen LogP) is 6.31. The van der Waals surface area contributed by atoms with Gasteiger partial charge < -0.3 is 20.1 Å².